The maximum atomic E-state index is 6.18. The Balaban J connectivity index is 2.77. The summed E-state index contributed by atoms with van der Waals surface area (Å²) < 4.78 is 5.40. The van der Waals surface area contributed by atoms with E-state index in [1.807, 2.05) is 26.0 Å². The fraction of sp³-hybridized carbons (Fsp3) is 0.538. The fourth-order valence-electron chi connectivity index (χ4n) is 1.71. The van der Waals surface area contributed by atoms with Crippen LogP contribution in [0.3, 0.4) is 0 Å². The SMILES string of the molecule is COC(C)(C)CCC(NN)c1ccc(Cl)cc1Cl. The molecule has 5 heteroatoms. The highest BCUT2D eigenvalue weighted by molar-refractivity contribution is 6.35. The van der Waals surface area contributed by atoms with Gasteiger partial charge in [-0.25, -0.2) is 0 Å². The monoisotopic (exact) mass is 290 g/mol. The lowest BCUT2D eigenvalue weighted by Gasteiger charge is -2.26. The Labute approximate surface area is 119 Å². The van der Waals surface area contributed by atoms with Crippen molar-refractivity contribution in [3.05, 3.63) is 33.8 Å². The van der Waals surface area contributed by atoms with Crippen molar-refractivity contribution in [2.24, 2.45) is 5.84 Å². The molecule has 18 heavy (non-hydrogen) atoms. The van der Waals surface area contributed by atoms with Crippen molar-refractivity contribution in [1.82, 2.24) is 5.43 Å². The molecule has 0 saturated heterocycles. The van der Waals surface area contributed by atoms with E-state index in [1.54, 1.807) is 13.2 Å². The average molecular weight is 291 g/mol. The number of methoxy groups -OCH3 is 1. The molecule has 1 unspecified atom stereocenters. The Hall–Kier alpha value is -0.320. The number of rotatable bonds is 6. The molecule has 0 aliphatic carbocycles. The molecule has 0 aliphatic heterocycles. The quantitative estimate of drug-likeness (QED) is 0.620. The largest absolute Gasteiger partial charge is 0.379 e. The van der Waals surface area contributed by atoms with Gasteiger partial charge >= 0.3 is 0 Å². The molecule has 1 aromatic carbocycles. The van der Waals surface area contributed by atoms with Crippen LogP contribution in [0.4, 0.5) is 0 Å². The summed E-state index contributed by atoms with van der Waals surface area (Å²) in [5.74, 6) is 5.60. The minimum absolute atomic E-state index is 0.0100. The van der Waals surface area contributed by atoms with E-state index in [-0.39, 0.29) is 11.6 Å². The van der Waals surface area contributed by atoms with Crippen LogP contribution in [0.2, 0.25) is 10.0 Å². The van der Waals surface area contributed by atoms with E-state index in [2.05, 4.69) is 5.43 Å². The third-order valence-corrected chi connectivity index (χ3v) is 3.69. The molecular formula is C13H20Cl2N2O. The zero-order valence-electron chi connectivity index (χ0n) is 11.0. The Morgan fingerprint density at radius 3 is 2.56 bits per heavy atom. The van der Waals surface area contributed by atoms with Crippen molar-refractivity contribution < 1.29 is 4.74 Å². The molecule has 0 amide bonds. The van der Waals surface area contributed by atoms with Crippen molar-refractivity contribution >= 4 is 23.2 Å². The first-order valence-electron chi connectivity index (χ1n) is 5.86. The van der Waals surface area contributed by atoms with Crippen molar-refractivity contribution in [1.29, 1.82) is 0 Å². The fourth-order valence-corrected chi connectivity index (χ4v) is 2.25. The molecule has 0 fully saturated rings. The lowest BCUT2D eigenvalue weighted by Crippen LogP contribution is -2.31. The normalized spacial score (nSPS) is 13.7. The highest BCUT2D eigenvalue weighted by Crippen LogP contribution is 2.30. The van der Waals surface area contributed by atoms with Gasteiger partial charge in [0.15, 0.2) is 0 Å². The smallest absolute Gasteiger partial charge is 0.0623 e. The van der Waals surface area contributed by atoms with Gasteiger partial charge in [-0.3, -0.25) is 11.3 Å². The van der Waals surface area contributed by atoms with E-state index >= 15 is 0 Å². The van der Waals surface area contributed by atoms with E-state index in [4.69, 9.17) is 33.8 Å². The van der Waals surface area contributed by atoms with Crippen LogP contribution in [-0.2, 0) is 4.74 Å². The molecule has 0 radical (unpaired) electrons. The first-order chi connectivity index (χ1) is 8.39. The van der Waals surface area contributed by atoms with Crippen molar-refractivity contribution in [2.45, 2.75) is 38.3 Å². The average Bonchev–Trinajstić information content (AvgIpc) is 2.32. The molecule has 0 bridgehead atoms. The summed E-state index contributed by atoms with van der Waals surface area (Å²) in [6.45, 7) is 4.09. The molecule has 0 spiro atoms. The zero-order chi connectivity index (χ0) is 13.8. The molecule has 0 aliphatic rings. The summed E-state index contributed by atoms with van der Waals surface area (Å²) in [7, 11) is 1.71. The lowest BCUT2D eigenvalue weighted by molar-refractivity contribution is 0.0117. The van der Waals surface area contributed by atoms with Crippen LogP contribution in [0.1, 0.15) is 38.3 Å². The summed E-state index contributed by atoms with van der Waals surface area (Å²) in [5.41, 5.74) is 3.57. The van der Waals surface area contributed by atoms with Crippen LogP contribution in [0.5, 0.6) is 0 Å². The number of benzene rings is 1. The van der Waals surface area contributed by atoms with Gasteiger partial charge in [-0.2, -0.15) is 0 Å². The summed E-state index contributed by atoms with van der Waals surface area (Å²) >= 11 is 12.1. The predicted molar refractivity (Wildman–Crippen MR) is 76.8 cm³/mol. The molecule has 102 valence electrons. The number of hydrogen-bond acceptors (Lipinski definition) is 3. The Morgan fingerprint density at radius 1 is 1.39 bits per heavy atom. The Bertz CT molecular complexity index is 397. The summed E-state index contributed by atoms with van der Waals surface area (Å²) in [5, 5.41) is 1.25. The number of hydrogen-bond donors (Lipinski definition) is 2. The zero-order valence-corrected chi connectivity index (χ0v) is 12.5. The molecule has 0 saturated carbocycles. The van der Waals surface area contributed by atoms with E-state index in [1.165, 1.54) is 0 Å². The van der Waals surface area contributed by atoms with Crippen LogP contribution in [0, 0.1) is 0 Å². The lowest BCUT2D eigenvalue weighted by atomic mass is 9.95. The number of halogens is 2. The van der Waals surface area contributed by atoms with E-state index in [9.17, 15) is 0 Å². The minimum Gasteiger partial charge on any atom is -0.379 e. The van der Waals surface area contributed by atoms with Gasteiger partial charge in [-0.15, -0.1) is 0 Å². The van der Waals surface area contributed by atoms with E-state index < -0.39 is 0 Å². The molecular weight excluding hydrogens is 271 g/mol. The third-order valence-electron chi connectivity index (χ3n) is 3.13. The maximum absolute atomic E-state index is 6.18. The first-order valence-corrected chi connectivity index (χ1v) is 6.61. The Morgan fingerprint density at radius 2 is 2.06 bits per heavy atom. The van der Waals surface area contributed by atoms with Crippen molar-refractivity contribution in [3.8, 4) is 0 Å². The van der Waals surface area contributed by atoms with E-state index in [0.29, 0.717) is 10.0 Å². The number of nitrogens with one attached hydrogen (secondary N) is 1. The van der Waals surface area contributed by atoms with Crippen molar-refractivity contribution in [3.63, 3.8) is 0 Å². The molecule has 3 nitrogen and oxygen atoms in total. The van der Waals surface area contributed by atoms with E-state index in [0.717, 1.165) is 18.4 Å². The van der Waals surface area contributed by atoms with Gasteiger partial charge in [0, 0.05) is 23.2 Å². The van der Waals surface area contributed by atoms with Crippen molar-refractivity contribution in [2.75, 3.05) is 7.11 Å². The summed E-state index contributed by atoms with van der Waals surface area (Å²) in [6, 6.07) is 5.43. The second-order valence-corrected chi connectivity index (χ2v) is 5.73. The standard InChI is InChI=1S/C13H20Cl2N2O/c1-13(2,18-3)7-6-12(17-16)10-5-4-9(14)8-11(10)15/h4-5,8,12,17H,6-7,16H2,1-3H3. The van der Waals surface area contributed by atoms with Gasteiger partial charge in [-0.05, 0) is 44.4 Å². The molecule has 0 heterocycles. The van der Waals surface area contributed by atoms with Gasteiger partial charge < -0.3 is 4.74 Å². The second kappa shape index (κ2) is 6.73. The van der Waals surface area contributed by atoms with Gasteiger partial charge in [0.25, 0.3) is 0 Å². The van der Waals surface area contributed by atoms with Crippen LogP contribution < -0.4 is 11.3 Å². The molecule has 3 N–H and O–H groups in total. The van der Waals surface area contributed by atoms with Gasteiger partial charge in [0.05, 0.1) is 5.60 Å². The molecule has 1 atom stereocenters. The van der Waals surface area contributed by atoms with Crippen LogP contribution in [0.25, 0.3) is 0 Å². The van der Waals surface area contributed by atoms with Crippen LogP contribution in [-0.4, -0.2) is 12.7 Å². The van der Waals surface area contributed by atoms with Gasteiger partial charge in [-0.1, -0.05) is 29.3 Å². The maximum Gasteiger partial charge on any atom is 0.0623 e. The molecule has 1 rings (SSSR count). The highest BCUT2D eigenvalue weighted by atomic mass is 35.5. The first kappa shape index (κ1) is 15.7. The number of ether oxygens (including phenoxy) is 1. The second-order valence-electron chi connectivity index (χ2n) is 4.89. The van der Waals surface area contributed by atoms with Gasteiger partial charge in [0.1, 0.15) is 0 Å². The summed E-state index contributed by atoms with van der Waals surface area (Å²) in [6.07, 6.45) is 1.70. The molecule has 0 aromatic heterocycles. The molecule has 1 aromatic rings. The van der Waals surface area contributed by atoms with Crippen LogP contribution >= 0.6 is 23.2 Å². The third kappa shape index (κ3) is 4.41. The minimum atomic E-state index is -0.173. The Kier molecular flexibility index (Phi) is 5.89. The van der Waals surface area contributed by atoms with Crippen LogP contribution in [0.15, 0.2) is 18.2 Å². The number of nitrogens with two attached hydrogens (primary N) is 1. The van der Waals surface area contributed by atoms with Gasteiger partial charge in [0.2, 0.25) is 0 Å². The number of hydrazine groups is 1. The summed E-state index contributed by atoms with van der Waals surface area (Å²) in [4.78, 5) is 0. The predicted octanol–water partition coefficient (Wildman–Crippen LogP) is 3.70. The topological polar surface area (TPSA) is 47.3 Å². The highest BCUT2D eigenvalue weighted by Gasteiger charge is 2.21.